The minimum atomic E-state index is -0.0498. The van der Waals surface area contributed by atoms with Crippen molar-refractivity contribution in [1.82, 2.24) is 10.3 Å². The Bertz CT molecular complexity index is 550. The van der Waals surface area contributed by atoms with Crippen molar-refractivity contribution >= 4 is 11.6 Å². The molecule has 1 N–H and O–H groups in total. The number of benzene rings is 1. The van der Waals surface area contributed by atoms with Crippen molar-refractivity contribution < 1.29 is 4.79 Å². The van der Waals surface area contributed by atoms with Crippen molar-refractivity contribution in [1.29, 1.82) is 0 Å². The molecule has 1 heterocycles. The predicted octanol–water partition coefficient (Wildman–Crippen LogP) is 2.12. The second-order valence-electron chi connectivity index (χ2n) is 4.77. The summed E-state index contributed by atoms with van der Waals surface area (Å²) in [5, 5.41) is 2.90. The van der Waals surface area contributed by atoms with E-state index < -0.39 is 0 Å². The molecule has 0 aliphatic rings. The molecule has 0 spiro atoms. The molecule has 0 radical (unpaired) electrons. The van der Waals surface area contributed by atoms with Crippen molar-refractivity contribution in [3.63, 3.8) is 0 Å². The predicted molar refractivity (Wildman–Crippen MR) is 81.0 cm³/mol. The van der Waals surface area contributed by atoms with Crippen LogP contribution in [0.5, 0.6) is 0 Å². The molecule has 0 saturated heterocycles. The van der Waals surface area contributed by atoms with Gasteiger partial charge in [0.1, 0.15) is 0 Å². The number of carbonyl (C=O) groups excluding carboxylic acids is 1. The summed E-state index contributed by atoms with van der Waals surface area (Å²) >= 11 is 0. The van der Waals surface area contributed by atoms with Crippen LogP contribution in [0.25, 0.3) is 0 Å². The summed E-state index contributed by atoms with van der Waals surface area (Å²) in [6.07, 6.45) is 2.50. The number of anilines is 1. The first-order valence-corrected chi connectivity index (χ1v) is 6.62. The van der Waals surface area contributed by atoms with E-state index in [0.717, 1.165) is 17.8 Å². The smallest absolute Gasteiger partial charge is 0.251 e. The van der Waals surface area contributed by atoms with Gasteiger partial charge in [-0.3, -0.25) is 9.78 Å². The first kappa shape index (κ1) is 14.1. The highest BCUT2D eigenvalue weighted by molar-refractivity contribution is 5.94. The van der Waals surface area contributed by atoms with Gasteiger partial charge in [-0.2, -0.15) is 0 Å². The van der Waals surface area contributed by atoms with Gasteiger partial charge in [-0.15, -0.1) is 0 Å². The van der Waals surface area contributed by atoms with E-state index in [1.54, 1.807) is 6.20 Å². The van der Waals surface area contributed by atoms with Crippen LogP contribution in [0.4, 0.5) is 5.69 Å². The van der Waals surface area contributed by atoms with Crippen LogP contribution < -0.4 is 10.2 Å². The number of hydrogen-bond acceptors (Lipinski definition) is 3. The molecule has 0 unspecified atom stereocenters. The van der Waals surface area contributed by atoms with Crippen LogP contribution in [0.3, 0.4) is 0 Å². The van der Waals surface area contributed by atoms with Crippen LogP contribution in [-0.4, -0.2) is 31.5 Å². The Morgan fingerprint density at radius 1 is 1.15 bits per heavy atom. The molecule has 2 rings (SSSR count). The highest BCUT2D eigenvalue weighted by atomic mass is 16.1. The van der Waals surface area contributed by atoms with Gasteiger partial charge in [0.25, 0.3) is 5.91 Å². The Hall–Kier alpha value is -2.36. The van der Waals surface area contributed by atoms with Gasteiger partial charge in [0.2, 0.25) is 0 Å². The van der Waals surface area contributed by atoms with E-state index in [1.165, 1.54) is 0 Å². The van der Waals surface area contributed by atoms with Crippen molar-refractivity contribution in [2.24, 2.45) is 0 Å². The maximum absolute atomic E-state index is 12.0. The van der Waals surface area contributed by atoms with Gasteiger partial charge in [-0.25, -0.2) is 0 Å². The summed E-state index contributed by atoms with van der Waals surface area (Å²) in [6, 6.07) is 13.3. The number of rotatable bonds is 5. The zero-order chi connectivity index (χ0) is 14.4. The van der Waals surface area contributed by atoms with Crippen molar-refractivity contribution in [3.05, 3.63) is 59.9 Å². The molecule has 2 aromatic rings. The molecule has 0 bridgehead atoms. The lowest BCUT2D eigenvalue weighted by Gasteiger charge is -2.12. The third kappa shape index (κ3) is 3.82. The molecule has 0 aliphatic heterocycles. The third-order valence-corrected chi connectivity index (χ3v) is 3.04. The Kier molecular flexibility index (Phi) is 4.71. The van der Waals surface area contributed by atoms with Gasteiger partial charge in [-0.05, 0) is 36.4 Å². The molecular weight excluding hydrogens is 250 g/mol. The monoisotopic (exact) mass is 269 g/mol. The zero-order valence-corrected chi connectivity index (χ0v) is 11.8. The van der Waals surface area contributed by atoms with E-state index in [2.05, 4.69) is 10.3 Å². The van der Waals surface area contributed by atoms with Crippen LogP contribution in [0.1, 0.15) is 16.1 Å². The molecule has 1 aromatic carbocycles. The quantitative estimate of drug-likeness (QED) is 0.904. The Morgan fingerprint density at radius 3 is 2.50 bits per heavy atom. The highest BCUT2D eigenvalue weighted by Crippen LogP contribution is 2.12. The van der Waals surface area contributed by atoms with E-state index in [0.29, 0.717) is 12.1 Å². The summed E-state index contributed by atoms with van der Waals surface area (Å²) in [4.78, 5) is 18.2. The number of hydrogen-bond donors (Lipinski definition) is 1. The Balaban J connectivity index is 1.85. The molecule has 4 nitrogen and oxygen atoms in total. The molecule has 0 fully saturated rings. The zero-order valence-electron chi connectivity index (χ0n) is 11.8. The largest absolute Gasteiger partial charge is 0.378 e. The van der Waals surface area contributed by atoms with E-state index in [9.17, 15) is 4.79 Å². The minimum absolute atomic E-state index is 0.0498. The van der Waals surface area contributed by atoms with Crippen LogP contribution in [0, 0.1) is 0 Å². The summed E-state index contributed by atoms with van der Waals surface area (Å²) in [5.41, 5.74) is 2.74. The highest BCUT2D eigenvalue weighted by Gasteiger charge is 2.05. The number of amides is 1. The maximum atomic E-state index is 12.0. The fourth-order valence-electron chi connectivity index (χ4n) is 1.86. The van der Waals surface area contributed by atoms with E-state index in [1.807, 2.05) is 61.5 Å². The Morgan fingerprint density at radius 2 is 1.90 bits per heavy atom. The van der Waals surface area contributed by atoms with Crippen molar-refractivity contribution in [2.75, 3.05) is 25.5 Å². The molecule has 4 heteroatoms. The summed E-state index contributed by atoms with van der Waals surface area (Å²) < 4.78 is 0. The van der Waals surface area contributed by atoms with Crippen LogP contribution in [-0.2, 0) is 6.42 Å². The molecule has 0 saturated carbocycles. The number of aromatic nitrogens is 1. The molecule has 104 valence electrons. The van der Waals surface area contributed by atoms with E-state index in [4.69, 9.17) is 0 Å². The third-order valence-electron chi connectivity index (χ3n) is 3.04. The number of carbonyl (C=O) groups is 1. The van der Waals surface area contributed by atoms with Gasteiger partial charge in [0.15, 0.2) is 0 Å². The van der Waals surface area contributed by atoms with Gasteiger partial charge < -0.3 is 10.2 Å². The van der Waals surface area contributed by atoms with Crippen LogP contribution in [0.2, 0.25) is 0 Å². The second kappa shape index (κ2) is 6.70. The fraction of sp³-hybridized carbons (Fsp3) is 0.250. The molecular formula is C16H19N3O. The number of nitrogens with zero attached hydrogens (tertiary/aromatic N) is 2. The van der Waals surface area contributed by atoms with Crippen LogP contribution in [0.15, 0.2) is 48.7 Å². The topological polar surface area (TPSA) is 45.2 Å². The summed E-state index contributed by atoms with van der Waals surface area (Å²) in [7, 11) is 3.95. The lowest BCUT2D eigenvalue weighted by Crippen LogP contribution is -2.25. The van der Waals surface area contributed by atoms with Gasteiger partial charge >= 0.3 is 0 Å². The van der Waals surface area contributed by atoms with Crippen molar-refractivity contribution in [3.8, 4) is 0 Å². The molecule has 1 amide bonds. The minimum Gasteiger partial charge on any atom is -0.378 e. The van der Waals surface area contributed by atoms with E-state index in [-0.39, 0.29) is 5.91 Å². The van der Waals surface area contributed by atoms with E-state index >= 15 is 0 Å². The normalized spacial score (nSPS) is 10.1. The molecule has 0 aliphatic carbocycles. The number of pyridine rings is 1. The first-order chi connectivity index (χ1) is 9.66. The standard InChI is InChI=1S/C16H19N3O/c1-19(2)15-8-6-13(7-9-15)16(20)18-12-10-14-5-3-4-11-17-14/h3-9,11H,10,12H2,1-2H3,(H,18,20). The van der Waals surface area contributed by atoms with Crippen LogP contribution >= 0.6 is 0 Å². The van der Waals surface area contributed by atoms with Gasteiger partial charge in [-0.1, -0.05) is 6.07 Å². The molecule has 0 atom stereocenters. The average molecular weight is 269 g/mol. The van der Waals surface area contributed by atoms with Gasteiger partial charge in [0.05, 0.1) is 0 Å². The SMILES string of the molecule is CN(C)c1ccc(C(=O)NCCc2ccccn2)cc1. The molecule has 1 aromatic heterocycles. The lowest BCUT2D eigenvalue weighted by atomic mass is 10.2. The summed E-state index contributed by atoms with van der Waals surface area (Å²) in [5.74, 6) is -0.0498. The number of nitrogens with one attached hydrogen (secondary N) is 1. The van der Waals surface area contributed by atoms with Crippen molar-refractivity contribution in [2.45, 2.75) is 6.42 Å². The Labute approximate surface area is 119 Å². The first-order valence-electron chi connectivity index (χ1n) is 6.62. The van der Waals surface area contributed by atoms with Gasteiger partial charge in [0, 0.05) is 50.2 Å². The lowest BCUT2D eigenvalue weighted by molar-refractivity contribution is 0.0954. The summed E-state index contributed by atoms with van der Waals surface area (Å²) in [6.45, 7) is 0.589. The fourth-order valence-corrected chi connectivity index (χ4v) is 1.86. The second-order valence-corrected chi connectivity index (χ2v) is 4.77. The molecule has 20 heavy (non-hydrogen) atoms. The maximum Gasteiger partial charge on any atom is 0.251 e. The average Bonchev–Trinajstić information content (AvgIpc) is 2.48.